The summed E-state index contributed by atoms with van der Waals surface area (Å²) in [6.07, 6.45) is 1.49. The summed E-state index contributed by atoms with van der Waals surface area (Å²) in [6, 6.07) is 7.33. The van der Waals surface area contributed by atoms with Gasteiger partial charge in [0.05, 0.1) is 19.1 Å². The fourth-order valence-electron chi connectivity index (χ4n) is 2.33. The molecule has 0 fully saturated rings. The molecule has 0 radical (unpaired) electrons. The molecule has 0 saturated carbocycles. The molecule has 2 rings (SSSR count). The molecule has 1 aromatic heterocycles. The van der Waals surface area contributed by atoms with Crippen molar-refractivity contribution in [1.82, 2.24) is 20.6 Å². The van der Waals surface area contributed by atoms with Crippen LogP contribution in [0.25, 0.3) is 11.4 Å². The Hall–Kier alpha value is -2.28. The van der Waals surface area contributed by atoms with Crippen LogP contribution in [0.2, 0.25) is 0 Å². The second-order valence-electron chi connectivity index (χ2n) is 5.93. The third kappa shape index (κ3) is 5.78. The highest BCUT2D eigenvalue weighted by Gasteiger charge is 2.09. The van der Waals surface area contributed by atoms with Crippen LogP contribution in [-0.4, -0.2) is 39.2 Å². The van der Waals surface area contributed by atoms with Crippen LogP contribution in [0.1, 0.15) is 33.6 Å². The highest BCUT2D eigenvalue weighted by molar-refractivity contribution is 5.91. The van der Waals surface area contributed by atoms with Gasteiger partial charge in [-0.3, -0.25) is 4.79 Å². The second-order valence-corrected chi connectivity index (χ2v) is 5.93. The minimum Gasteiger partial charge on any atom is -0.378 e. The zero-order chi connectivity index (χ0) is 16.7. The van der Waals surface area contributed by atoms with Gasteiger partial charge in [0.15, 0.2) is 0 Å². The molecule has 0 aliphatic carbocycles. The van der Waals surface area contributed by atoms with Crippen LogP contribution < -0.4 is 5.32 Å². The molecule has 0 saturated heterocycles. The van der Waals surface area contributed by atoms with Crippen LogP contribution in [0.15, 0.2) is 24.3 Å². The van der Waals surface area contributed by atoms with Gasteiger partial charge in [0, 0.05) is 11.3 Å². The summed E-state index contributed by atoms with van der Waals surface area (Å²) in [6.45, 7) is 6.77. The Morgan fingerprint density at radius 1 is 1.35 bits per heavy atom. The lowest BCUT2D eigenvalue weighted by Gasteiger charge is -2.15. The molecule has 7 heteroatoms. The normalized spacial score (nSPS) is 12.3. The van der Waals surface area contributed by atoms with E-state index in [0.29, 0.717) is 30.5 Å². The summed E-state index contributed by atoms with van der Waals surface area (Å²) in [5.41, 5.74) is 1.49. The monoisotopic (exact) mass is 317 g/mol. The van der Waals surface area contributed by atoms with Gasteiger partial charge in [0.1, 0.15) is 0 Å². The maximum absolute atomic E-state index is 12.0. The lowest BCUT2D eigenvalue weighted by molar-refractivity contribution is -0.117. The Morgan fingerprint density at radius 3 is 2.87 bits per heavy atom. The summed E-state index contributed by atoms with van der Waals surface area (Å²) in [7, 11) is 0. The van der Waals surface area contributed by atoms with Gasteiger partial charge < -0.3 is 10.1 Å². The second kappa shape index (κ2) is 8.38. The maximum Gasteiger partial charge on any atom is 0.226 e. The zero-order valence-electron chi connectivity index (χ0n) is 13.7. The SMILES string of the molecule is CC(C)C[C@H](C)OCCC(=O)Nc1cccc(-c2nn[nH]n2)c1. The van der Waals surface area contributed by atoms with Gasteiger partial charge in [0.25, 0.3) is 0 Å². The van der Waals surface area contributed by atoms with Gasteiger partial charge in [-0.05, 0) is 36.6 Å². The zero-order valence-corrected chi connectivity index (χ0v) is 13.7. The van der Waals surface area contributed by atoms with Gasteiger partial charge >= 0.3 is 0 Å². The van der Waals surface area contributed by atoms with Gasteiger partial charge in [-0.15, -0.1) is 10.2 Å². The number of nitrogens with zero attached hydrogens (tertiary/aromatic N) is 3. The number of H-pyrrole nitrogens is 1. The molecule has 1 aromatic carbocycles. The first-order chi connectivity index (χ1) is 11.0. The third-order valence-corrected chi connectivity index (χ3v) is 3.28. The van der Waals surface area contributed by atoms with Crippen LogP contribution in [0.4, 0.5) is 5.69 Å². The van der Waals surface area contributed by atoms with E-state index >= 15 is 0 Å². The van der Waals surface area contributed by atoms with Crippen molar-refractivity contribution in [3.05, 3.63) is 24.3 Å². The third-order valence-electron chi connectivity index (χ3n) is 3.28. The van der Waals surface area contributed by atoms with Gasteiger partial charge in [-0.2, -0.15) is 5.21 Å². The number of benzene rings is 1. The Balaban J connectivity index is 1.80. The first-order valence-corrected chi connectivity index (χ1v) is 7.80. The summed E-state index contributed by atoms with van der Waals surface area (Å²) < 4.78 is 5.65. The van der Waals surface area contributed by atoms with Crippen LogP contribution in [0, 0.1) is 5.92 Å². The topological polar surface area (TPSA) is 92.8 Å². The number of aromatic nitrogens is 4. The number of carbonyl (C=O) groups is 1. The van der Waals surface area contributed by atoms with E-state index in [1.807, 2.05) is 31.2 Å². The van der Waals surface area contributed by atoms with E-state index in [1.165, 1.54) is 0 Å². The molecule has 0 aliphatic rings. The Kier molecular flexibility index (Phi) is 6.22. The predicted molar refractivity (Wildman–Crippen MR) is 87.7 cm³/mol. The van der Waals surface area contributed by atoms with Crippen molar-refractivity contribution in [3.8, 4) is 11.4 Å². The molecule has 124 valence electrons. The summed E-state index contributed by atoms with van der Waals surface area (Å²) in [4.78, 5) is 12.0. The Labute approximate surface area is 135 Å². The van der Waals surface area contributed by atoms with Crippen molar-refractivity contribution in [1.29, 1.82) is 0 Å². The van der Waals surface area contributed by atoms with E-state index in [2.05, 4.69) is 39.8 Å². The van der Waals surface area contributed by atoms with Crippen molar-refractivity contribution in [2.24, 2.45) is 5.92 Å². The molecule has 7 nitrogen and oxygen atoms in total. The quantitative estimate of drug-likeness (QED) is 0.780. The lowest BCUT2D eigenvalue weighted by atomic mass is 10.1. The fourth-order valence-corrected chi connectivity index (χ4v) is 2.33. The Bertz CT molecular complexity index is 613. The minimum atomic E-state index is -0.0768. The van der Waals surface area contributed by atoms with E-state index in [9.17, 15) is 4.79 Å². The van der Waals surface area contributed by atoms with E-state index in [-0.39, 0.29) is 12.0 Å². The average Bonchev–Trinajstić information content (AvgIpc) is 3.01. The van der Waals surface area contributed by atoms with Crippen molar-refractivity contribution in [2.75, 3.05) is 11.9 Å². The fraction of sp³-hybridized carbons (Fsp3) is 0.500. The molecule has 1 heterocycles. The van der Waals surface area contributed by atoms with Crippen LogP contribution >= 0.6 is 0 Å². The number of nitrogens with one attached hydrogen (secondary N) is 2. The number of anilines is 1. The van der Waals surface area contributed by atoms with E-state index in [4.69, 9.17) is 4.74 Å². The molecule has 0 spiro atoms. The first-order valence-electron chi connectivity index (χ1n) is 7.80. The van der Waals surface area contributed by atoms with E-state index in [1.54, 1.807) is 0 Å². The van der Waals surface area contributed by atoms with Crippen LogP contribution in [-0.2, 0) is 9.53 Å². The Morgan fingerprint density at radius 2 is 2.17 bits per heavy atom. The number of aromatic amines is 1. The number of amides is 1. The molecular weight excluding hydrogens is 294 g/mol. The predicted octanol–water partition coefficient (Wildman–Crippen LogP) is 2.65. The summed E-state index contributed by atoms with van der Waals surface area (Å²) in [5.74, 6) is 1.01. The molecule has 2 aromatic rings. The average molecular weight is 317 g/mol. The highest BCUT2D eigenvalue weighted by atomic mass is 16.5. The number of hydrogen-bond acceptors (Lipinski definition) is 5. The molecule has 23 heavy (non-hydrogen) atoms. The van der Waals surface area contributed by atoms with E-state index < -0.39 is 0 Å². The number of ether oxygens (including phenoxy) is 1. The molecule has 0 bridgehead atoms. The molecule has 0 aliphatic heterocycles. The van der Waals surface area contributed by atoms with Gasteiger partial charge in [0.2, 0.25) is 11.7 Å². The minimum absolute atomic E-state index is 0.0768. The lowest BCUT2D eigenvalue weighted by Crippen LogP contribution is -2.18. The largest absolute Gasteiger partial charge is 0.378 e. The number of tetrazole rings is 1. The maximum atomic E-state index is 12.0. The number of carbonyl (C=O) groups excluding carboxylic acids is 1. The smallest absolute Gasteiger partial charge is 0.226 e. The number of rotatable bonds is 8. The molecule has 1 amide bonds. The standard InChI is InChI=1S/C16H23N5O2/c1-11(2)9-12(3)23-8-7-15(22)17-14-6-4-5-13(10-14)16-18-20-21-19-16/h4-6,10-12H,7-9H2,1-3H3,(H,17,22)(H,18,19,20,21)/t12-/m0/s1. The first kappa shape index (κ1) is 17.1. The van der Waals surface area contributed by atoms with Crippen LogP contribution in [0.3, 0.4) is 0 Å². The molecular formula is C16H23N5O2. The summed E-state index contributed by atoms with van der Waals surface area (Å²) >= 11 is 0. The highest BCUT2D eigenvalue weighted by Crippen LogP contribution is 2.18. The molecule has 2 N–H and O–H groups in total. The van der Waals surface area contributed by atoms with Crippen molar-refractivity contribution < 1.29 is 9.53 Å². The van der Waals surface area contributed by atoms with Crippen LogP contribution in [0.5, 0.6) is 0 Å². The van der Waals surface area contributed by atoms with Gasteiger partial charge in [-0.25, -0.2) is 0 Å². The van der Waals surface area contributed by atoms with Crippen molar-refractivity contribution in [3.63, 3.8) is 0 Å². The molecule has 0 unspecified atom stereocenters. The van der Waals surface area contributed by atoms with Crippen molar-refractivity contribution >= 4 is 11.6 Å². The van der Waals surface area contributed by atoms with E-state index in [0.717, 1.165) is 12.0 Å². The number of hydrogen-bond donors (Lipinski definition) is 2. The van der Waals surface area contributed by atoms with Crippen molar-refractivity contribution in [2.45, 2.75) is 39.7 Å². The summed E-state index contributed by atoms with van der Waals surface area (Å²) in [5, 5.41) is 16.6. The van der Waals surface area contributed by atoms with Gasteiger partial charge in [-0.1, -0.05) is 26.0 Å². The molecule has 1 atom stereocenters.